The summed E-state index contributed by atoms with van der Waals surface area (Å²) < 4.78 is 5.22. The Kier molecular flexibility index (Phi) is 4.81. The molecule has 1 aromatic carbocycles. The number of halogens is 1. The van der Waals surface area contributed by atoms with Gasteiger partial charge >= 0.3 is 0 Å². The summed E-state index contributed by atoms with van der Waals surface area (Å²) in [6, 6.07) is 4.77. The molecule has 3 N–H and O–H groups in total. The molecular weight excluding hydrogens is 400 g/mol. The number of methoxy groups -OCH3 is 1. The zero-order chi connectivity index (χ0) is 20.0. The van der Waals surface area contributed by atoms with Crippen LogP contribution in [0.3, 0.4) is 0 Å². The van der Waals surface area contributed by atoms with Gasteiger partial charge in [-0.2, -0.15) is 0 Å². The van der Waals surface area contributed by atoms with Crippen LogP contribution in [0.2, 0.25) is 5.02 Å². The average Bonchev–Trinajstić information content (AvgIpc) is 2.99. The van der Waals surface area contributed by atoms with Gasteiger partial charge in [-0.1, -0.05) is 18.5 Å². The highest BCUT2D eigenvalue weighted by atomic mass is 35.5. The normalized spacial score (nSPS) is 16.0. The summed E-state index contributed by atoms with van der Waals surface area (Å²) in [5.41, 5.74) is 0.408. The Hall–Kier alpha value is -2.51. The van der Waals surface area contributed by atoms with E-state index in [1.807, 2.05) is 0 Å². The van der Waals surface area contributed by atoms with Crippen molar-refractivity contribution in [2.24, 2.45) is 5.92 Å². The second-order valence-electron chi connectivity index (χ2n) is 7.03. The quantitative estimate of drug-likeness (QED) is 0.590. The largest absolute Gasteiger partial charge is 0.506 e. The predicted octanol–water partition coefficient (Wildman–Crippen LogP) is 4.33. The topological polar surface area (TPSA) is 91.4 Å². The molecule has 146 valence electrons. The van der Waals surface area contributed by atoms with Crippen LogP contribution in [0, 0.1) is 5.92 Å². The monoisotopic (exact) mass is 418 g/mol. The van der Waals surface area contributed by atoms with Gasteiger partial charge in [0, 0.05) is 9.90 Å². The first-order chi connectivity index (χ1) is 13.4. The fourth-order valence-electron chi connectivity index (χ4n) is 3.66. The van der Waals surface area contributed by atoms with Crippen LogP contribution in [0.5, 0.6) is 11.5 Å². The van der Waals surface area contributed by atoms with E-state index in [2.05, 4.69) is 17.2 Å². The summed E-state index contributed by atoms with van der Waals surface area (Å²) >= 11 is 7.48. The highest BCUT2D eigenvalue weighted by molar-refractivity contribution is 7.18. The van der Waals surface area contributed by atoms with Crippen molar-refractivity contribution in [3.05, 3.63) is 49.6 Å². The van der Waals surface area contributed by atoms with Gasteiger partial charge in [0.1, 0.15) is 21.9 Å². The predicted molar refractivity (Wildman–Crippen MR) is 111 cm³/mol. The van der Waals surface area contributed by atoms with E-state index in [1.54, 1.807) is 12.1 Å². The SMILES string of the molecule is COc1ccc(Cl)cc1NC(=O)c1c(O)c2c3c(sc2[nH]c1=O)C[C@H](C)CC3. The molecule has 0 saturated heterocycles. The number of anilines is 1. The van der Waals surface area contributed by atoms with Crippen molar-refractivity contribution in [1.82, 2.24) is 4.98 Å². The van der Waals surface area contributed by atoms with Crippen LogP contribution in [0.15, 0.2) is 23.0 Å². The number of aryl methyl sites for hydroxylation is 1. The standard InChI is InChI=1S/C20H19ClN2O4S/c1-9-3-5-11-14(7-9)28-20-15(11)17(24)16(19(26)23-20)18(25)22-12-8-10(21)4-6-13(12)27-2/h4,6,8-9H,3,5,7H2,1-2H3,(H,22,25)(H2,23,24,26)/t9-/m1/s1. The molecule has 0 radical (unpaired) electrons. The lowest BCUT2D eigenvalue weighted by atomic mass is 9.89. The average molecular weight is 419 g/mol. The molecule has 1 aliphatic carbocycles. The van der Waals surface area contributed by atoms with E-state index in [4.69, 9.17) is 16.3 Å². The molecule has 1 aliphatic rings. The van der Waals surface area contributed by atoms with E-state index in [1.165, 1.54) is 24.5 Å². The summed E-state index contributed by atoms with van der Waals surface area (Å²) in [6.07, 6.45) is 2.75. The van der Waals surface area contributed by atoms with E-state index < -0.39 is 11.5 Å². The zero-order valence-electron chi connectivity index (χ0n) is 15.4. The number of hydrogen-bond donors (Lipinski definition) is 3. The lowest BCUT2D eigenvalue weighted by molar-refractivity contribution is 0.102. The number of carbonyl (C=O) groups is 1. The highest BCUT2D eigenvalue weighted by Gasteiger charge is 2.27. The molecule has 0 aliphatic heterocycles. The number of rotatable bonds is 3. The molecular formula is C20H19ClN2O4S. The summed E-state index contributed by atoms with van der Waals surface area (Å²) in [6.45, 7) is 2.19. The van der Waals surface area contributed by atoms with Crippen molar-refractivity contribution in [1.29, 1.82) is 0 Å². The molecule has 4 rings (SSSR count). The minimum Gasteiger partial charge on any atom is -0.506 e. The number of aromatic nitrogens is 1. The van der Waals surface area contributed by atoms with Crippen molar-refractivity contribution in [3.8, 4) is 11.5 Å². The van der Waals surface area contributed by atoms with Crippen LogP contribution >= 0.6 is 22.9 Å². The van der Waals surface area contributed by atoms with Crippen LogP contribution in [0.1, 0.15) is 34.1 Å². The van der Waals surface area contributed by atoms with Crippen molar-refractivity contribution in [2.45, 2.75) is 26.2 Å². The molecule has 6 nitrogen and oxygen atoms in total. The Morgan fingerprint density at radius 1 is 1.43 bits per heavy atom. The maximum Gasteiger partial charge on any atom is 0.265 e. The van der Waals surface area contributed by atoms with Gasteiger partial charge < -0.3 is 20.1 Å². The van der Waals surface area contributed by atoms with E-state index in [0.717, 1.165) is 29.7 Å². The Morgan fingerprint density at radius 2 is 2.21 bits per heavy atom. The minimum absolute atomic E-state index is 0.274. The number of aromatic amines is 1. The second kappa shape index (κ2) is 7.14. The van der Waals surface area contributed by atoms with Gasteiger partial charge in [-0.25, -0.2) is 0 Å². The van der Waals surface area contributed by atoms with Gasteiger partial charge in [0.05, 0.1) is 18.2 Å². The smallest absolute Gasteiger partial charge is 0.265 e. The zero-order valence-corrected chi connectivity index (χ0v) is 17.0. The van der Waals surface area contributed by atoms with Gasteiger partial charge in [0.25, 0.3) is 11.5 Å². The lowest BCUT2D eigenvalue weighted by Gasteiger charge is -2.18. The molecule has 0 fully saturated rings. The van der Waals surface area contributed by atoms with Crippen LogP contribution < -0.4 is 15.6 Å². The van der Waals surface area contributed by atoms with Crippen LogP contribution in [-0.4, -0.2) is 23.1 Å². The second-order valence-corrected chi connectivity index (χ2v) is 8.57. The number of amides is 1. The van der Waals surface area contributed by atoms with Crippen LogP contribution in [0.25, 0.3) is 10.2 Å². The first-order valence-corrected chi connectivity index (χ1v) is 10.1. The Labute approximate surface area is 170 Å². The Bertz CT molecular complexity index is 1150. The molecule has 2 heterocycles. The third-order valence-corrected chi connectivity index (χ3v) is 6.48. The van der Waals surface area contributed by atoms with Crippen molar-refractivity contribution in [2.75, 3.05) is 12.4 Å². The number of carbonyl (C=O) groups excluding carboxylic acids is 1. The highest BCUT2D eigenvalue weighted by Crippen LogP contribution is 2.41. The number of aromatic hydroxyl groups is 1. The summed E-state index contributed by atoms with van der Waals surface area (Å²) in [5, 5.41) is 14.4. The maximum absolute atomic E-state index is 12.8. The summed E-state index contributed by atoms with van der Waals surface area (Å²) in [7, 11) is 1.47. The first-order valence-electron chi connectivity index (χ1n) is 8.93. The van der Waals surface area contributed by atoms with Crippen molar-refractivity contribution >= 4 is 44.7 Å². The summed E-state index contributed by atoms with van der Waals surface area (Å²) in [5.74, 6) is -0.0289. The fourth-order valence-corrected chi connectivity index (χ4v) is 5.24. The van der Waals surface area contributed by atoms with E-state index in [9.17, 15) is 14.7 Å². The molecule has 0 unspecified atom stereocenters. The first kappa shape index (κ1) is 18.8. The molecule has 0 saturated carbocycles. The van der Waals surface area contributed by atoms with Crippen molar-refractivity contribution < 1.29 is 14.6 Å². The molecule has 3 aromatic rings. The van der Waals surface area contributed by atoms with E-state index in [0.29, 0.717) is 32.6 Å². The third-order valence-electron chi connectivity index (χ3n) is 5.08. The Morgan fingerprint density at radius 3 is 2.96 bits per heavy atom. The number of ether oxygens (including phenoxy) is 1. The number of benzene rings is 1. The maximum atomic E-state index is 12.8. The van der Waals surface area contributed by atoms with Gasteiger partial charge in [-0.05, 0) is 48.9 Å². The van der Waals surface area contributed by atoms with E-state index >= 15 is 0 Å². The van der Waals surface area contributed by atoms with Crippen LogP contribution in [-0.2, 0) is 12.8 Å². The number of H-pyrrole nitrogens is 1. The molecule has 1 amide bonds. The number of fused-ring (bicyclic) bond motifs is 3. The summed E-state index contributed by atoms with van der Waals surface area (Å²) in [4.78, 5) is 29.9. The fraction of sp³-hybridized carbons (Fsp3) is 0.300. The molecule has 1 atom stereocenters. The van der Waals surface area contributed by atoms with E-state index in [-0.39, 0.29) is 11.3 Å². The number of hydrogen-bond acceptors (Lipinski definition) is 5. The van der Waals surface area contributed by atoms with Crippen molar-refractivity contribution in [3.63, 3.8) is 0 Å². The Balaban J connectivity index is 1.80. The third kappa shape index (κ3) is 3.14. The van der Waals surface area contributed by atoms with Gasteiger partial charge in [0.2, 0.25) is 0 Å². The molecule has 28 heavy (non-hydrogen) atoms. The lowest BCUT2D eigenvalue weighted by Crippen LogP contribution is -2.23. The van der Waals surface area contributed by atoms with Crippen LogP contribution in [0.4, 0.5) is 5.69 Å². The molecule has 0 spiro atoms. The number of thiophene rings is 1. The molecule has 0 bridgehead atoms. The minimum atomic E-state index is -0.717. The van der Waals surface area contributed by atoms with Gasteiger partial charge in [0.15, 0.2) is 0 Å². The number of nitrogens with one attached hydrogen (secondary N) is 2. The molecule has 2 aromatic heterocycles. The van der Waals surface area contributed by atoms with Gasteiger partial charge in [-0.15, -0.1) is 11.3 Å². The number of pyridine rings is 1. The van der Waals surface area contributed by atoms with Gasteiger partial charge in [-0.3, -0.25) is 9.59 Å². The molecule has 8 heteroatoms.